The van der Waals surface area contributed by atoms with Crippen molar-refractivity contribution in [3.8, 4) is 0 Å². The molecule has 6 heteroatoms. The van der Waals surface area contributed by atoms with Gasteiger partial charge in [0.05, 0.1) is 0 Å². The van der Waals surface area contributed by atoms with Crippen molar-refractivity contribution in [3.63, 3.8) is 0 Å². The standard InChI is InChI=1S/C12H20N4O2/c1-8(2)7-9(11(17)18)14-10-5-6-13-12(15-10)16(3)4/h5-6,8-9H,7H2,1-4H3,(H,17,18)(H,13,14,15)/t9-/m0/s1. The molecule has 0 radical (unpaired) electrons. The zero-order valence-corrected chi connectivity index (χ0v) is 11.2. The Labute approximate surface area is 107 Å². The summed E-state index contributed by atoms with van der Waals surface area (Å²) in [7, 11) is 3.67. The van der Waals surface area contributed by atoms with E-state index < -0.39 is 12.0 Å². The van der Waals surface area contributed by atoms with Gasteiger partial charge in [-0.15, -0.1) is 0 Å². The predicted octanol–water partition coefficient (Wildman–Crippen LogP) is 1.45. The Morgan fingerprint density at radius 3 is 2.67 bits per heavy atom. The minimum Gasteiger partial charge on any atom is -0.480 e. The molecule has 6 nitrogen and oxygen atoms in total. The van der Waals surface area contributed by atoms with Crippen molar-refractivity contribution < 1.29 is 9.90 Å². The fourth-order valence-electron chi connectivity index (χ4n) is 1.52. The quantitative estimate of drug-likeness (QED) is 0.798. The van der Waals surface area contributed by atoms with Crippen molar-refractivity contribution in [2.24, 2.45) is 5.92 Å². The maximum atomic E-state index is 11.1. The summed E-state index contributed by atoms with van der Waals surface area (Å²) in [4.78, 5) is 21.2. The summed E-state index contributed by atoms with van der Waals surface area (Å²) in [5.74, 6) is 0.512. The van der Waals surface area contributed by atoms with E-state index in [4.69, 9.17) is 5.11 Å². The van der Waals surface area contributed by atoms with E-state index in [0.29, 0.717) is 24.1 Å². The lowest BCUT2D eigenvalue weighted by Crippen LogP contribution is -2.31. The van der Waals surface area contributed by atoms with E-state index in [1.165, 1.54) is 0 Å². The van der Waals surface area contributed by atoms with Crippen LogP contribution >= 0.6 is 0 Å². The van der Waals surface area contributed by atoms with E-state index in [9.17, 15) is 4.79 Å². The highest BCUT2D eigenvalue weighted by atomic mass is 16.4. The molecule has 0 saturated carbocycles. The minimum absolute atomic E-state index is 0.300. The first-order valence-electron chi connectivity index (χ1n) is 5.90. The number of carbonyl (C=O) groups is 1. The summed E-state index contributed by atoms with van der Waals surface area (Å²) in [6, 6.07) is 1.04. The molecule has 1 heterocycles. The van der Waals surface area contributed by atoms with E-state index in [-0.39, 0.29) is 0 Å². The molecule has 0 unspecified atom stereocenters. The van der Waals surface area contributed by atoms with Gasteiger partial charge in [-0.25, -0.2) is 9.78 Å². The van der Waals surface area contributed by atoms with Gasteiger partial charge in [-0.05, 0) is 18.4 Å². The van der Waals surface area contributed by atoms with Crippen molar-refractivity contribution >= 4 is 17.7 Å². The van der Waals surface area contributed by atoms with Crippen LogP contribution in [0.3, 0.4) is 0 Å². The maximum absolute atomic E-state index is 11.1. The fourth-order valence-corrected chi connectivity index (χ4v) is 1.52. The summed E-state index contributed by atoms with van der Waals surface area (Å²) in [5, 5.41) is 12.1. The Balaban J connectivity index is 2.80. The third-order valence-electron chi connectivity index (χ3n) is 2.37. The SMILES string of the molecule is CC(C)C[C@H](Nc1ccnc(N(C)C)n1)C(=O)O. The molecule has 100 valence electrons. The average molecular weight is 252 g/mol. The summed E-state index contributed by atoms with van der Waals surface area (Å²) in [6.45, 7) is 3.98. The number of carboxylic acids is 1. The highest BCUT2D eigenvalue weighted by Gasteiger charge is 2.19. The van der Waals surface area contributed by atoms with Gasteiger partial charge < -0.3 is 15.3 Å². The second-order valence-electron chi connectivity index (χ2n) is 4.80. The fraction of sp³-hybridized carbons (Fsp3) is 0.583. The van der Waals surface area contributed by atoms with Crippen molar-refractivity contribution in [2.45, 2.75) is 26.3 Å². The number of aliphatic carboxylic acids is 1. The van der Waals surface area contributed by atoms with Gasteiger partial charge >= 0.3 is 5.97 Å². The van der Waals surface area contributed by atoms with Crippen molar-refractivity contribution in [1.82, 2.24) is 9.97 Å². The van der Waals surface area contributed by atoms with Gasteiger partial charge in [-0.3, -0.25) is 0 Å². The summed E-state index contributed by atoms with van der Waals surface area (Å²) in [5.41, 5.74) is 0. The molecular formula is C12H20N4O2. The Bertz CT molecular complexity index is 407. The zero-order chi connectivity index (χ0) is 13.7. The minimum atomic E-state index is -0.867. The van der Waals surface area contributed by atoms with Crippen LogP contribution in [0.5, 0.6) is 0 Å². The molecule has 1 rings (SSSR count). The van der Waals surface area contributed by atoms with Crippen LogP contribution in [-0.2, 0) is 4.79 Å². The van der Waals surface area contributed by atoms with Crippen LogP contribution in [0.4, 0.5) is 11.8 Å². The number of hydrogen-bond donors (Lipinski definition) is 2. The van der Waals surface area contributed by atoms with Crippen LogP contribution in [0, 0.1) is 5.92 Å². The lowest BCUT2D eigenvalue weighted by atomic mass is 10.0. The van der Waals surface area contributed by atoms with E-state index in [1.807, 2.05) is 27.9 Å². The molecule has 0 aliphatic heterocycles. The second-order valence-corrected chi connectivity index (χ2v) is 4.80. The molecule has 0 aliphatic rings. The number of carboxylic acid groups (broad SMARTS) is 1. The normalized spacial score (nSPS) is 12.3. The molecule has 0 spiro atoms. The largest absolute Gasteiger partial charge is 0.480 e. The van der Waals surface area contributed by atoms with Gasteiger partial charge in [0.1, 0.15) is 11.9 Å². The van der Waals surface area contributed by atoms with E-state index in [2.05, 4.69) is 15.3 Å². The van der Waals surface area contributed by atoms with Crippen molar-refractivity contribution in [1.29, 1.82) is 0 Å². The van der Waals surface area contributed by atoms with Crippen LogP contribution < -0.4 is 10.2 Å². The lowest BCUT2D eigenvalue weighted by Gasteiger charge is -2.18. The van der Waals surface area contributed by atoms with Gasteiger partial charge in [-0.2, -0.15) is 4.98 Å². The molecule has 0 amide bonds. The molecule has 1 aromatic heterocycles. The Kier molecular flexibility index (Phi) is 4.88. The number of nitrogens with zero attached hydrogens (tertiary/aromatic N) is 3. The van der Waals surface area contributed by atoms with Crippen LogP contribution in [0.25, 0.3) is 0 Å². The third kappa shape index (κ3) is 4.20. The highest BCUT2D eigenvalue weighted by Crippen LogP contribution is 2.13. The molecule has 0 fully saturated rings. The topological polar surface area (TPSA) is 78.4 Å². The Morgan fingerprint density at radius 2 is 2.17 bits per heavy atom. The molecule has 0 aromatic carbocycles. The number of nitrogens with one attached hydrogen (secondary N) is 1. The van der Waals surface area contributed by atoms with Crippen LogP contribution in [0.2, 0.25) is 0 Å². The average Bonchev–Trinajstić information content (AvgIpc) is 2.27. The molecule has 0 aliphatic carbocycles. The predicted molar refractivity (Wildman–Crippen MR) is 70.9 cm³/mol. The molecule has 1 aromatic rings. The smallest absolute Gasteiger partial charge is 0.326 e. The second kappa shape index (κ2) is 6.18. The van der Waals surface area contributed by atoms with E-state index >= 15 is 0 Å². The monoisotopic (exact) mass is 252 g/mol. The van der Waals surface area contributed by atoms with Gasteiger partial charge in [0.15, 0.2) is 0 Å². The number of rotatable bonds is 6. The van der Waals surface area contributed by atoms with E-state index in [0.717, 1.165) is 0 Å². The Morgan fingerprint density at radius 1 is 1.50 bits per heavy atom. The van der Waals surface area contributed by atoms with Gasteiger partial charge in [-0.1, -0.05) is 13.8 Å². The summed E-state index contributed by atoms with van der Waals surface area (Å²) < 4.78 is 0. The molecular weight excluding hydrogens is 232 g/mol. The summed E-state index contributed by atoms with van der Waals surface area (Å²) >= 11 is 0. The first-order valence-corrected chi connectivity index (χ1v) is 5.90. The van der Waals surface area contributed by atoms with Gasteiger partial charge in [0.25, 0.3) is 0 Å². The molecule has 18 heavy (non-hydrogen) atoms. The molecule has 1 atom stereocenters. The highest BCUT2D eigenvalue weighted by molar-refractivity contribution is 5.76. The Hall–Kier alpha value is -1.85. The zero-order valence-electron chi connectivity index (χ0n) is 11.2. The maximum Gasteiger partial charge on any atom is 0.326 e. The van der Waals surface area contributed by atoms with Gasteiger partial charge in [0, 0.05) is 20.3 Å². The number of hydrogen-bond acceptors (Lipinski definition) is 5. The van der Waals surface area contributed by atoms with Gasteiger partial charge in [0.2, 0.25) is 5.95 Å². The molecule has 2 N–H and O–H groups in total. The molecule has 0 bridgehead atoms. The summed E-state index contributed by atoms with van der Waals surface area (Å²) in [6.07, 6.45) is 2.16. The third-order valence-corrected chi connectivity index (χ3v) is 2.37. The van der Waals surface area contributed by atoms with Crippen LogP contribution in [0.1, 0.15) is 20.3 Å². The van der Waals surface area contributed by atoms with Crippen molar-refractivity contribution in [3.05, 3.63) is 12.3 Å². The first-order chi connectivity index (χ1) is 8.40. The van der Waals surface area contributed by atoms with Crippen LogP contribution in [-0.4, -0.2) is 41.2 Å². The van der Waals surface area contributed by atoms with E-state index in [1.54, 1.807) is 17.2 Å². The van der Waals surface area contributed by atoms with Crippen LogP contribution in [0.15, 0.2) is 12.3 Å². The lowest BCUT2D eigenvalue weighted by molar-refractivity contribution is -0.138. The van der Waals surface area contributed by atoms with Crippen molar-refractivity contribution in [2.75, 3.05) is 24.3 Å². The number of aromatic nitrogens is 2. The first kappa shape index (κ1) is 14.2. The molecule has 0 saturated heterocycles. The number of anilines is 2.